The maximum atomic E-state index is 13.2. The molecular formula is C28H29NO6S. The molecule has 8 heteroatoms. The molecule has 1 heterocycles. The molecule has 188 valence electrons. The Balaban J connectivity index is 1.53. The molecule has 0 spiro atoms. The fraction of sp³-hybridized carbons (Fsp3) is 0.286. The largest absolute Gasteiger partial charge is 0.480 e. The van der Waals surface area contributed by atoms with Gasteiger partial charge >= 0.3 is 5.97 Å². The van der Waals surface area contributed by atoms with E-state index in [0.717, 1.165) is 33.6 Å². The van der Waals surface area contributed by atoms with E-state index in [1.54, 1.807) is 17.8 Å². The average molecular weight is 508 g/mol. The first-order valence-electron chi connectivity index (χ1n) is 11.6. The smallest absolute Gasteiger partial charge is 0.326 e. The highest BCUT2D eigenvalue weighted by molar-refractivity contribution is 7.98. The molecular weight excluding hydrogens is 478 g/mol. The molecule has 0 fully saturated rings. The number of carboxylic acid groups (broad SMARTS) is 1. The molecule has 3 aromatic rings. The van der Waals surface area contributed by atoms with E-state index >= 15 is 0 Å². The lowest BCUT2D eigenvalue weighted by Gasteiger charge is -2.18. The lowest BCUT2D eigenvalue weighted by Crippen LogP contribution is -2.41. The highest BCUT2D eigenvalue weighted by atomic mass is 32.2. The van der Waals surface area contributed by atoms with Gasteiger partial charge in [-0.25, -0.2) is 4.79 Å². The van der Waals surface area contributed by atoms with Crippen molar-refractivity contribution in [3.05, 3.63) is 82.9 Å². The van der Waals surface area contributed by atoms with Crippen LogP contribution in [0.1, 0.15) is 33.5 Å². The summed E-state index contributed by atoms with van der Waals surface area (Å²) >= 11 is 1.54. The number of carbonyl (C=O) groups is 2. The van der Waals surface area contributed by atoms with Crippen LogP contribution in [-0.4, -0.2) is 41.8 Å². The molecule has 0 radical (unpaired) electrons. The van der Waals surface area contributed by atoms with Gasteiger partial charge in [-0.05, 0) is 77.4 Å². The van der Waals surface area contributed by atoms with Crippen LogP contribution in [0.4, 0.5) is 0 Å². The summed E-state index contributed by atoms with van der Waals surface area (Å²) in [5, 5.41) is 12.3. The Kier molecular flexibility index (Phi) is 8.51. The van der Waals surface area contributed by atoms with Crippen molar-refractivity contribution in [2.24, 2.45) is 0 Å². The summed E-state index contributed by atoms with van der Waals surface area (Å²) in [6, 6.07) is 18.1. The number of hydrogen-bond acceptors (Lipinski definition) is 6. The Morgan fingerprint density at radius 2 is 1.72 bits per heavy atom. The molecule has 1 aliphatic heterocycles. The normalized spacial score (nSPS) is 12.8. The third-order valence-electron chi connectivity index (χ3n) is 5.95. The molecule has 2 N–H and O–H groups in total. The van der Waals surface area contributed by atoms with Crippen LogP contribution in [0.25, 0.3) is 11.1 Å². The van der Waals surface area contributed by atoms with Crippen molar-refractivity contribution in [3.63, 3.8) is 0 Å². The van der Waals surface area contributed by atoms with Crippen LogP contribution >= 0.6 is 11.8 Å². The second-order valence-corrected chi connectivity index (χ2v) is 9.51. The van der Waals surface area contributed by atoms with Crippen molar-refractivity contribution < 1.29 is 28.9 Å². The average Bonchev–Trinajstić information content (AvgIpc) is 3.34. The summed E-state index contributed by atoms with van der Waals surface area (Å²) in [7, 11) is 0. The minimum atomic E-state index is -1.04. The zero-order valence-electron chi connectivity index (χ0n) is 20.3. The number of benzene rings is 3. The van der Waals surface area contributed by atoms with Crippen molar-refractivity contribution in [1.82, 2.24) is 5.32 Å². The Labute approximate surface area is 214 Å². The lowest BCUT2D eigenvalue weighted by molar-refractivity contribution is -0.139. The highest BCUT2D eigenvalue weighted by Crippen LogP contribution is 2.33. The van der Waals surface area contributed by atoms with Crippen LogP contribution < -0.4 is 14.8 Å². The molecule has 0 saturated carbocycles. The zero-order chi connectivity index (χ0) is 25.5. The summed E-state index contributed by atoms with van der Waals surface area (Å²) in [6.07, 6.45) is 2.26. The highest BCUT2D eigenvalue weighted by Gasteiger charge is 2.23. The molecule has 0 aromatic heterocycles. The van der Waals surface area contributed by atoms with Gasteiger partial charge in [0.2, 0.25) is 6.79 Å². The number of carbonyl (C=O) groups excluding carboxylic acids is 1. The van der Waals surface area contributed by atoms with Gasteiger partial charge in [-0.1, -0.05) is 36.4 Å². The number of carboxylic acids is 1. The number of rotatable bonds is 11. The second kappa shape index (κ2) is 12.0. The number of nitrogens with one attached hydrogen (secondary N) is 1. The first kappa shape index (κ1) is 25.6. The zero-order valence-corrected chi connectivity index (χ0v) is 21.1. The second-order valence-electron chi connectivity index (χ2n) is 8.52. The van der Waals surface area contributed by atoms with Gasteiger partial charge in [0.15, 0.2) is 11.5 Å². The van der Waals surface area contributed by atoms with Gasteiger partial charge in [0.1, 0.15) is 6.04 Å². The maximum absolute atomic E-state index is 13.2. The van der Waals surface area contributed by atoms with Crippen LogP contribution in [0.5, 0.6) is 11.5 Å². The number of ether oxygens (including phenoxy) is 3. The Morgan fingerprint density at radius 1 is 1.00 bits per heavy atom. The Morgan fingerprint density at radius 3 is 2.47 bits per heavy atom. The molecule has 0 aliphatic carbocycles. The number of aryl methyl sites for hydroxylation is 1. The van der Waals surface area contributed by atoms with Gasteiger partial charge in [0.05, 0.1) is 13.2 Å². The van der Waals surface area contributed by atoms with Crippen LogP contribution in [0.2, 0.25) is 0 Å². The number of amides is 1. The maximum Gasteiger partial charge on any atom is 0.326 e. The molecule has 0 saturated heterocycles. The van der Waals surface area contributed by atoms with Gasteiger partial charge in [-0.2, -0.15) is 11.8 Å². The monoisotopic (exact) mass is 507 g/mol. The van der Waals surface area contributed by atoms with Crippen LogP contribution in [0, 0.1) is 6.92 Å². The van der Waals surface area contributed by atoms with E-state index in [9.17, 15) is 14.7 Å². The quantitative estimate of drug-likeness (QED) is 0.375. The first-order chi connectivity index (χ1) is 17.5. The van der Waals surface area contributed by atoms with Crippen LogP contribution in [-0.2, 0) is 22.7 Å². The van der Waals surface area contributed by atoms with E-state index < -0.39 is 17.9 Å². The Bertz CT molecular complexity index is 1240. The summed E-state index contributed by atoms with van der Waals surface area (Å²) in [5.41, 5.74) is 4.98. The third kappa shape index (κ3) is 6.19. The van der Waals surface area contributed by atoms with Gasteiger partial charge in [-0.15, -0.1) is 0 Å². The Hall–Kier alpha value is -3.49. The fourth-order valence-corrected chi connectivity index (χ4v) is 4.50. The summed E-state index contributed by atoms with van der Waals surface area (Å²) in [6.45, 7) is 2.96. The minimum absolute atomic E-state index is 0.228. The molecule has 1 aliphatic rings. The van der Waals surface area contributed by atoms with Gasteiger partial charge < -0.3 is 24.6 Å². The van der Waals surface area contributed by atoms with Crippen molar-refractivity contribution in [3.8, 4) is 22.6 Å². The lowest BCUT2D eigenvalue weighted by atomic mass is 9.93. The SMILES string of the molecule is CSCCC(NC(=O)c1ccc(COCc2ccc3c(c2)OCO3)cc1-c1ccccc1C)C(=O)O. The van der Waals surface area contributed by atoms with Gasteiger partial charge in [0, 0.05) is 5.56 Å². The van der Waals surface area contributed by atoms with Crippen molar-refractivity contribution >= 4 is 23.6 Å². The van der Waals surface area contributed by atoms with E-state index in [1.807, 2.05) is 67.8 Å². The number of hydrogen-bond donors (Lipinski definition) is 2. The molecule has 1 amide bonds. The summed E-state index contributed by atoms with van der Waals surface area (Å²) < 4.78 is 16.7. The molecule has 7 nitrogen and oxygen atoms in total. The van der Waals surface area contributed by atoms with Crippen molar-refractivity contribution in [2.75, 3.05) is 18.8 Å². The van der Waals surface area contributed by atoms with Crippen LogP contribution in [0.15, 0.2) is 60.7 Å². The van der Waals surface area contributed by atoms with Gasteiger partial charge in [0.25, 0.3) is 5.91 Å². The van der Waals surface area contributed by atoms with E-state index in [2.05, 4.69) is 5.32 Å². The fourth-order valence-electron chi connectivity index (χ4n) is 4.02. The molecule has 4 rings (SSSR count). The molecule has 0 bridgehead atoms. The van der Waals surface area contributed by atoms with E-state index in [-0.39, 0.29) is 6.79 Å². The molecule has 36 heavy (non-hydrogen) atoms. The minimum Gasteiger partial charge on any atom is -0.480 e. The number of thioether (sulfide) groups is 1. The van der Waals surface area contributed by atoms with Crippen LogP contribution in [0.3, 0.4) is 0 Å². The molecule has 1 atom stereocenters. The van der Waals surface area contributed by atoms with Crippen molar-refractivity contribution in [2.45, 2.75) is 32.6 Å². The summed E-state index contributed by atoms with van der Waals surface area (Å²) in [5.74, 6) is 0.638. The van der Waals surface area contributed by atoms with E-state index in [1.165, 1.54) is 0 Å². The topological polar surface area (TPSA) is 94.1 Å². The number of fused-ring (bicyclic) bond motifs is 1. The first-order valence-corrected chi connectivity index (χ1v) is 13.0. The van der Waals surface area contributed by atoms with E-state index in [0.29, 0.717) is 36.7 Å². The number of aliphatic carboxylic acids is 1. The van der Waals surface area contributed by atoms with Gasteiger partial charge in [-0.3, -0.25) is 4.79 Å². The third-order valence-corrected chi connectivity index (χ3v) is 6.60. The molecule has 1 unspecified atom stereocenters. The predicted molar refractivity (Wildman–Crippen MR) is 140 cm³/mol. The van der Waals surface area contributed by atoms with E-state index in [4.69, 9.17) is 14.2 Å². The summed E-state index contributed by atoms with van der Waals surface area (Å²) in [4.78, 5) is 24.9. The van der Waals surface area contributed by atoms with Crippen molar-refractivity contribution in [1.29, 1.82) is 0 Å². The standard InChI is InChI=1S/C28H29NO6S/c1-18-5-3-4-6-21(18)23-13-19(15-33-16-20-8-10-25-26(14-20)35-17-34-25)7-9-22(23)27(30)29-24(28(31)32)11-12-36-2/h3-10,13-14,24H,11-12,15-17H2,1-2H3,(H,29,30)(H,31,32). The molecule has 3 aromatic carbocycles. The predicted octanol–water partition coefficient (Wildman–Crippen LogP) is 5.04.